The number of nitrogens with one attached hydrogen (secondary N) is 2. The Labute approximate surface area is 179 Å². The van der Waals surface area contributed by atoms with Gasteiger partial charge in [0.2, 0.25) is 5.91 Å². The second-order valence-electron chi connectivity index (χ2n) is 4.82. The molecule has 1 aromatic rings. The number of hydrogen-bond donors (Lipinski definition) is 4. The molecule has 0 heterocycles. The van der Waals surface area contributed by atoms with Crippen LogP contribution in [0.5, 0.6) is 0 Å². The minimum Gasteiger partial charge on any atom is -0.390 e. The number of aliphatic hydroxyl groups is 1. The van der Waals surface area contributed by atoms with E-state index in [4.69, 9.17) is 5.73 Å². The van der Waals surface area contributed by atoms with E-state index in [-0.39, 0.29) is 44.7 Å². The van der Waals surface area contributed by atoms with Crippen LogP contribution in [0.2, 0.25) is 0 Å². The van der Waals surface area contributed by atoms with E-state index < -0.39 is 12.1 Å². The molecule has 0 aliphatic heterocycles. The van der Waals surface area contributed by atoms with Crippen molar-refractivity contribution in [3.05, 3.63) is 42.8 Å². The molecule has 0 fully saturated rings. The number of carbonyl (C=O) groups excluding carboxylic acids is 1. The van der Waals surface area contributed by atoms with Crippen molar-refractivity contribution in [2.45, 2.75) is 58.7 Å². The summed E-state index contributed by atoms with van der Waals surface area (Å²) in [5, 5.41) is 15.9. The molecule has 0 spiro atoms. The summed E-state index contributed by atoms with van der Waals surface area (Å²) in [6.45, 7) is 12.0. The first kappa shape index (κ1) is 29.4. The van der Waals surface area contributed by atoms with Gasteiger partial charge in [0, 0.05) is 39.3 Å². The first-order valence-electron chi connectivity index (χ1n) is 8.80. The summed E-state index contributed by atoms with van der Waals surface area (Å²) in [5.41, 5.74) is 6.71. The van der Waals surface area contributed by atoms with Crippen LogP contribution in [0.15, 0.2) is 30.3 Å². The number of amides is 1. The van der Waals surface area contributed by atoms with Gasteiger partial charge >= 0.3 is 0 Å². The SMILES string of the molecule is CC.CC.[CH2-]CC(N)C(=O)NC(Cc1ccccc1)C(O)CNC.[Y]. The fraction of sp³-hybridized carbons (Fsp3) is 0.579. The van der Waals surface area contributed by atoms with E-state index in [1.54, 1.807) is 7.05 Å². The van der Waals surface area contributed by atoms with Crippen molar-refractivity contribution >= 4 is 5.91 Å². The molecule has 6 heteroatoms. The van der Waals surface area contributed by atoms with Gasteiger partial charge in [-0.15, -0.1) is 0 Å². The van der Waals surface area contributed by atoms with Crippen LogP contribution in [0.4, 0.5) is 0 Å². The summed E-state index contributed by atoms with van der Waals surface area (Å²) in [6, 6.07) is 8.70. The Kier molecular flexibility index (Phi) is 23.5. The zero-order valence-corrected chi connectivity index (χ0v) is 19.3. The smallest absolute Gasteiger partial charge is 0.234 e. The third kappa shape index (κ3) is 13.5. The van der Waals surface area contributed by atoms with Crippen LogP contribution in [0, 0.1) is 6.92 Å². The number of benzene rings is 1. The van der Waals surface area contributed by atoms with Crippen LogP contribution in [0.1, 0.15) is 39.7 Å². The summed E-state index contributed by atoms with van der Waals surface area (Å²) < 4.78 is 0. The van der Waals surface area contributed by atoms with Gasteiger partial charge in [-0.25, -0.2) is 0 Å². The molecule has 5 nitrogen and oxygen atoms in total. The number of likely N-dealkylation sites (N-methyl/N-ethyl adjacent to an activating group) is 1. The van der Waals surface area contributed by atoms with E-state index in [9.17, 15) is 9.90 Å². The van der Waals surface area contributed by atoms with Gasteiger partial charge in [-0.05, 0) is 19.0 Å². The maximum atomic E-state index is 11.9. The Balaban J connectivity index is -0.000000899. The molecule has 0 aromatic heterocycles. The normalized spacial score (nSPS) is 12.8. The zero-order chi connectivity index (χ0) is 19.0. The first-order valence-corrected chi connectivity index (χ1v) is 8.80. The van der Waals surface area contributed by atoms with Crippen molar-refractivity contribution in [3.63, 3.8) is 0 Å². The Morgan fingerprint density at radius 1 is 1.20 bits per heavy atom. The molecule has 3 unspecified atom stereocenters. The van der Waals surface area contributed by atoms with E-state index in [1.807, 2.05) is 58.0 Å². The van der Waals surface area contributed by atoms with Gasteiger partial charge in [-0.2, -0.15) is 6.42 Å². The largest absolute Gasteiger partial charge is 0.390 e. The van der Waals surface area contributed by atoms with E-state index in [1.165, 1.54) is 0 Å². The van der Waals surface area contributed by atoms with Crippen molar-refractivity contribution in [2.24, 2.45) is 5.73 Å². The number of hydrogen-bond acceptors (Lipinski definition) is 4. The van der Waals surface area contributed by atoms with Crippen LogP contribution < -0.4 is 16.4 Å². The molecule has 0 aliphatic carbocycles. The Hall–Kier alpha value is -0.326. The predicted molar refractivity (Wildman–Crippen MR) is 103 cm³/mol. The van der Waals surface area contributed by atoms with Crippen molar-refractivity contribution in [1.82, 2.24) is 10.6 Å². The molecular formula is C19H36N3O2Y-. The predicted octanol–water partition coefficient (Wildman–Crippen LogP) is 1.90. The van der Waals surface area contributed by atoms with Gasteiger partial charge < -0.3 is 28.4 Å². The maximum absolute atomic E-state index is 11.9. The molecule has 143 valence electrons. The van der Waals surface area contributed by atoms with E-state index in [0.717, 1.165) is 5.56 Å². The first-order chi connectivity index (χ1) is 11.6. The quantitative estimate of drug-likeness (QED) is 0.478. The molecule has 1 amide bonds. The van der Waals surface area contributed by atoms with Crippen LogP contribution in [0.3, 0.4) is 0 Å². The van der Waals surface area contributed by atoms with Crippen molar-refractivity contribution in [3.8, 4) is 0 Å². The standard InChI is InChI=1S/C15H24N3O2.2C2H6.Y/c1-3-12(16)15(20)18-13(14(19)10-17-2)9-11-7-5-4-6-8-11;2*1-2;/h4-8,12-14,17,19H,1,3,9-10,16H2,2H3,(H,18,20);2*1-2H3;/q-1;;;. The zero-order valence-electron chi connectivity index (χ0n) is 16.5. The minimum atomic E-state index is -0.679. The molecular weight excluding hydrogens is 391 g/mol. The van der Waals surface area contributed by atoms with Gasteiger partial charge in [-0.1, -0.05) is 58.0 Å². The molecule has 1 aromatic carbocycles. The molecule has 1 radical (unpaired) electrons. The summed E-state index contributed by atoms with van der Waals surface area (Å²) in [6.07, 6.45) is 0.201. The van der Waals surface area contributed by atoms with Crippen molar-refractivity contribution < 1.29 is 42.6 Å². The van der Waals surface area contributed by atoms with Crippen LogP contribution in [0.25, 0.3) is 0 Å². The molecule has 0 saturated carbocycles. The van der Waals surface area contributed by atoms with Crippen molar-refractivity contribution in [1.29, 1.82) is 0 Å². The Morgan fingerprint density at radius 2 is 1.72 bits per heavy atom. The summed E-state index contributed by atoms with van der Waals surface area (Å²) >= 11 is 0. The average molecular weight is 427 g/mol. The third-order valence-corrected chi connectivity index (χ3v) is 3.15. The van der Waals surface area contributed by atoms with Crippen molar-refractivity contribution in [2.75, 3.05) is 13.6 Å². The maximum Gasteiger partial charge on any atom is 0.234 e. The van der Waals surface area contributed by atoms with Gasteiger partial charge in [0.1, 0.15) is 0 Å². The van der Waals surface area contributed by atoms with E-state index in [0.29, 0.717) is 19.4 Å². The van der Waals surface area contributed by atoms with E-state index in [2.05, 4.69) is 17.6 Å². The Bertz CT molecular complexity index is 405. The fourth-order valence-corrected chi connectivity index (χ4v) is 1.92. The second-order valence-corrected chi connectivity index (χ2v) is 4.82. The number of nitrogens with two attached hydrogens (primary N) is 1. The molecule has 25 heavy (non-hydrogen) atoms. The van der Waals surface area contributed by atoms with Crippen LogP contribution in [-0.4, -0.2) is 42.8 Å². The molecule has 1 rings (SSSR count). The van der Waals surface area contributed by atoms with E-state index >= 15 is 0 Å². The van der Waals surface area contributed by atoms with Gasteiger partial charge in [-0.3, -0.25) is 4.79 Å². The molecule has 0 bridgehead atoms. The number of aliphatic hydroxyl groups excluding tert-OH is 1. The summed E-state index contributed by atoms with van der Waals surface area (Å²) in [7, 11) is 1.76. The Morgan fingerprint density at radius 3 is 2.16 bits per heavy atom. The average Bonchev–Trinajstić information content (AvgIpc) is 2.64. The van der Waals surface area contributed by atoms with Crippen LogP contribution >= 0.6 is 0 Å². The molecule has 0 saturated heterocycles. The van der Waals surface area contributed by atoms with Gasteiger partial charge in [0.05, 0.1) is 18.2 Å². The summed E-state index contributed by atoms with van der Waals surface area (Å²) in [5.74, 6) is -0.281. The monoisotopic (exact) mass is 427 g/mol. The molecule has 3 atom stereocenters. The molecule has 0 aliphatic rings. The molecule has 5 N–H and O–H groups in total. The summed E-state index contributed by atoms with van der Waals surface area (Å²) in [4.78, 5) is 11.9. The third-order valence-electron chi connectivity index (χ3n) is 3.15. The van der Waals surface area contributed by atoms with Gasteiger partial charge in [0.15, 0.2) is 0 Å². The fourth-order valence-electron chi connectivity index (χ4n) is 1.92. The number of rotatable bonds is 8. The second kappa shape index (κ2) is 20.0. The van der Waals surface area contributed by atoms with Gasteiger partial charge in [0.25, 0.3) is 0 Å². The van der Waals surface area contributed by atoms with Crippen LogP contribution in [-0.2, 0) is 43.9 Å². The minimum absolute atomic E-state index is 0. The topological polar surface area (TPSA) is 87.4 Å². The number of carbonyl (C=O) groups is 1.